The molecule has 0 saturated heterocycles. The zero-order chi connectivity index (χ0) is 56.4. The van der Waals surface area contributed by atoms with Gasteiger partial charge in [-0.05, 0) is 186 Å². The van der Waals surface area contributed by atoms with E-state index in [-0.39, 0.29) is 0 Å². The molecule has 0 amide bonds. The van der Waals surface area contributed by atoms with E-state index in [1.807, 2.05) is 0 Å². The molecule has 2 aromatic heterocycles. The maximum absolute atomic E-state index is 6.98. The number of fused-ring (bicyclic) bond motifs is 12. The van der Waals surface area contributed by atoms with E-state index in [0.717, 1.165) is 88.4 Å². The Morgan fingerprint density at radius 3 is 1.00 bits per heavy atom. The van der Waals surface area contributed by atoms with Gasteiger partial charge in [0.15, 0.2) is 0 Å². The van der Waals surface area contributed by atoms with Crippen molar-refractivity contribution in [3.05, 3.63) is 303 Å². The second-order valence-corrected chi connectivity index (χ2v) is 23.0. The summed E-state index contributed by atoms with van der Waals surface area (Å²) in [5, 5.41) is 19.0. The second kappa shape index (κ2) is 19.1. The van der Waals surface area contributed by atoms with Crippen LogP contribution in [0.4, 0.5) is 0 Å². The monoisotopic (exact) mass is 1090 g/mol. The van der Waals surface area contributed by atoms with Crippen molar-refractivity contribution in [3.8, 4) is 77.9 Å². The van der Waals surface area contributed by atoms with Gasteiger partial charge in [0.1, 0.15) is 22.3 Å². The third kappa shape index (κ3) is 7.53. The fourth-order valence-electron chi connectivity index (χ4n) is 14.3. The molecule has 18 rings (SSSR count). The van der Waals surface area contributed by atoms with Gasteiger partial charge in [-0.25, -0.2) is 0 Å². The first kappa shape index (κ1) is 48.2. The van der Waals surface area contributed by atoms with Crippen LogP contribution in [0.25, 0.3) is 186 Å². The van der Waals surface area contributed by atoms with E-state index < -0.39 is 0 Å². The maximum atomic E-state index is 6.98. The molecule has 0 radical (unpaired) electrons. The Labute approximate surface area is 495 Å². The number of para-hydroxylation sites is 1. The molecular formula is C84H50O2. The average Bonchev–Trinajstić information content (AvgIpc) is 1.31. The van der Waals surface area contributed by atoms with Crippen molar-refractivity contribution >= 4 is 109 Å². The molecule has 0 aliphatic heterocycles. The summed E-state index contributed by atoms with van der Waals surface area (Å²) in [4.78, 5) is 0. The third-order valence-corrected chi connectivity index (χ3v) is 18.2. The zero-order valence-corrected chi connectivity index (χ0v) is 46.7. The molecule has 0 spiro atoms. The lowest BCUT2D eigenvalue weighted by Gasteiger charge is -2.19. The van der Waals surface area contributed by atoms with Crippen molar-refractivity contribution in [1.29, 1.82) is 0 Å². The van der Waals surface area contributed by atoms with Gasteiger partial charge in [0.05, 0.1) is 0 Å². The van der Waals surface area contributed by atoms with Gasteiger partial charge in [-0.2, -0.15) is 0 Å². The van der Waals surface area contributed by atoms with Gasteiger partial charge in [0.25, 0.3) is 0 Å². The normalized spacial score (nSPS) is 12.0. The average molecular weight is 1090 g/mol. The summed E-state index contributed by atoms with van der Waals surface area (Å²) in [6, 6.07) is 111. The minimum absolute atomic E-state index is 0.855. The summed E-state index contributed by atoms with van der Waals surface area (Å²) in [6.45, 7) is 0. The molecule has 0 unspecified atom stereocenters. The van der Waals surface area contributed by atoms with E-state index in [2.05, 4.69) is 303 Å². The van der Waals surface area contributed by atoms with E-state index in [0.29, 0.717) is 0 Å². The second-order valence-electron chi connectivity index (χ2n) is 23.0. The van der Waals surface area contributed by atoms with E-state index >= 15 is 0 Å². The van der Waals surface area contributed by atoms with Crippen LogP contribution in [0.15, 0.2) is 312 Å². The highest BCUT2D eigenvalue weighted by Crippen LogP contribution is 2.50. The van der Waals surface area contributed by atoms with Gasteiger partial charge >= 0.3 is 0 Å². The first-order chi connectivity index (χ1) is 42.6. The molecule has 2 heteroatoms. The van der Waals surface area contributed by atoms with Crippen LogP contribution >= 0.6 is 0 Å². The van der Waals surface area contributed by atoms with Crippen LogP contribution < -0.4 is 0 Å². The topological polar surface area (TPSA) is 26.3 Å². The highest BCUT2D eigenvalue weighted by Gasteiger charge is 2.23. The van der Waals surface area contributed by atoms with Gasteiger partial charge < -0.3 is 8.83 Å². The smallest absolute Gasteiger partial charge is 0.143 e. The van der Waals surface area contributed by atoms with Gasteiger partial charge in [-0.15, -0.1) is 0 Å². The molecule has 0 bridgehead atoms. The Morgan fingerprint density at radius 1 is 0.163 bits per heavy atom. The summed E-state index contributed by atoms with van der Waals surface area (Å²) < 4.78 is 13.9. The summed E-state index contributed by atoms with van der Waals surface area (Å²) >= 11 is 0. The van der Waals surface area contributed by atoms with Crippen LogP contribution in [0.5, 0.6) is 0 Å². The lowest BCUT2D eigenvalue weighted by atomic mass is 9.84. The number of rotatable bonds is 7. The maximum Gasteiger partial charge on any atom is 0.143 e. The molecule has 0 saturated carbocycles. The number of benzene rings is 16. The summed E-state index contributed by atoms with van der Waals surface area (Å²) in [5.41, 5.74) is 19.6. The number of furan rings is 2. The van der Waals surface area contributed by atoms with Crippen LogP contribution in [-0.2, 0) is 0 Å². The summed E-state index contributed by atoms with van der Waals surface area (Å²) in [6.07, 6.45) is 0. The molecule has 2 nitrogen and oxygen atoms in total. The van der Waals surface area contributed by atoms with Crippen LogP contribution in [0.1, 0.15) is 0 Å². The largest absolute Gasteiger partial charge is 0.455 e. The van der Waals surface area contributed by atoms with Crippen LogP contribution in [0, 0.1) is 0 Å². The fourth-order valence-corrected chi connectivity index (χ4v) is 14.3. The van der Waals surface area contributed by atoms with Crippen LogP contribution in [-0.4, -0.2) is 0 Å². The molecule has 86 heavy (non-hydrogen) atoms. The molecule has 0 aliphatic carbocycles. The molecule has 0 atom stereocenters. The molecule has 398 valence electrons. The van der Waals surface area contributed by atoms with Crippen LogP contribution in [0.2, 0.25) is 0 Å². The van der Waals surface area contributed by atoms with E-state index in [1.54, 1.807) is 0 Å². The lowest BCUT2D eigenvalue weighted by Crippen LogP contribution is -1.92. The lowest BCUT2D eigenvalue weighted by molar-refractivity contribution is 0.669. The number of hydrogen-bond acceptors (Lipinski definition) is 2. The first-order valence-electron chi connectivity index (χ1n) is 29.6. The molecular weight excluding hydrogens is 1040 g/mol. The van der Waals surface area contributed by atoms with E-state index in [4.69, 9.17) is 8.83 Å². The van der Waals surface area contributed by atoms with Gasteiger partial charge in [-0.1, -0.05) is 249 Å². The van der Waals surface area contributed by atoms with Crippen molar-refractivity contribution in [1.82, 2.24) is 0 Å². The van der Waals surface area contributed by atoms with Crippen molar-refractivity contribution in [2.75, 3.05) is 0 Å². The third-order valence-electron chi connectivity index (χ3n) is 18.2. The highest BCUT2D eigenvalue weighted by molar-refractivity contribution is 6.25. The van der Waals surface area contributed by atoms with E-state index in [9.17, 15) is 0 Å². The standard InChI is InChI=1S/C84H50O2/c1-2-20-54(21-3-1)72-47-61(48-76-74-46-60(42-43-78(74)86-84(72)76)81-66-27-10-8-25-64(66)79(65-26-9-11-28-67(65)81)58-40-36-51-18-4-6-22-56(51)44-58)53-34-38-55(39-35-53)73-49-62(50-75-63-24-16-17-33-77(63)85-83(73)75)82-70-31-14-12-29-68(70)80(69-30-13-15-32-71(69)82)59-41-37-52-19-5-7-23-57(52)45-59/h1-50H. The predicted molar refractivity (Wildman–Crippen MR) is 364 cm³/mol. The Hall–Kier alpha value is -11.3. The first-order valence-corrected chi connectivity index (χ1v) is 29.6. The Kier molecular flexibility index (Phi) is 10.7. The quantitative estimate of drug-likeness (QED) is 0.149. The molecule has 0 aliphatic rings. The molecule has 16 aromatic carbocycles. The van der Waals surface area contributed by atoms with E-state index in [1.165, 1.54) is 98.0 Å². The van der Waals surface area contributed by atoms with Crippen molar-refractivity contribution < 1.29 is 8.83 Å². The molecule has 18 aromatic rings. The minimum Gasteiger partial charge on any atom is -0.455 e. The number of hydrogen-bond donors (Lipinski definition) is 0. The summed E-state index contributed by atoms with van der Waals surface area (Å²) in [5.74, 6) is 0. The van der Waals surface area contributed by atoms with Gasteiger partial charge in [0, 0.05) is 32.7 Å². The Bertz CT molecular complexity index is 5710. The van der Waals surface area contributed by atoms with Crippen LogP contribution in [0.3, 0.4) is 0 Å². The Balaban J connectivity index is 0.802. The SMILES string of the molecule is c1ccc(-c2cc(-c3ccc(-c4cc(-c5c6ccccc6c(-c6ccc7ccccc7c6)c6ccccc56)cc5c4oc4ccccc45)cc3)cc3c2oc2ccc(-c4c5ccccc5c(-c5ccc6ccccc6c5)c5ccccc45)cc23)cc1. The zero-order valence-electron chi connectivity index (χ0n) is 46.7. The predicted octanol–water partition coefficient (Wildman–Crippen LogP) is 24.1. The van der Waals surface area contributed by atoms with Crippen molar-refractivity contribution in [3.63, 3.8) is 0 Å². The molecule has 2 heterocycles. The molecule has 0 fully saturated rings. The molecule has 0 N–H and O–H groups in total. The Morgan fingerprint density at radius 2 is 0.488 bits per heavy atom. The highest BCUT2D eigenvalue weighted by atomic mass is 16.3. The van der Waals surface area contributed by atoms with Crippen molar-refractivity contribution in [2.45, 2.75) is 0 Å². The van der Waals surface area contributed by atoms with Gasteiger partial charge in [-0.3, -0.25) is 0 Å². The fraction of sp³-hybridized carbons (Fsp3) is 0. The minimum atomic E-state index is 0.855. The van der Waals surface area contributed by atoms with Crippen molar-refractivity contribution in [2.24, 2.45) is 0 Å². The summed E-state index contributed by atoms with van der Waals surface area (Å²) in [7, 11) is 0. The van der Waals surface area contributed by atoms with Gasteiger partial charge in [0.2, 0.25) is 0 Å².